The minimum atomic E-state index is -4.45. The lowest BCUT2D eigenvalue weighted by Gasteiger charge is -2.13. The summed E-state index contributed by atoms with van der Waals surface area (Å²) in [5.74, 6) is 0.428. The zero-order chi connectivity index (χ0) is 14.0. The van der Waals surface area contributed by atoms with Gasteiger partial charge < -0.3 is 10.5 Å². The molecule has 0 saturated carbocycles. The number of nitrogens with two attached hydrogens (primary N) is 1. The maximum absolute atomic E-state index is 12.5. The number of thiazole rings is 1. The molecule has 2 aromatic rings. The van der Waals surface area contributed by atoms with Crippen molar-refractivity contribution in [2.24, 2.45) is 5.73 Å². The SMILES string of the molecule is COc1cnccc1C(N)c1cnc(C(F)(F)F)s1. The molecule has 2 N–H and O–H groups in total. The Morgan fingerprint density at radius 2 is 2.11 bits per heavy atom. The van der Waals surface area contributed by atoms with Crippen LogP contribution < -0.4 is 10.5 Å². The van der Waals surface area contributed by atoms with Crippen molar-refractivity contribution in [2.45, 2.75) is 12.2 Å². The number of nitrogens with zero attached hydrogens (tertiary/aromatic N) is 2. The van der Waals surface area contributed by atoms with Crippen molar-refractivity contribution in [3.05, 3.63) is 40.1 Å². The summed E-state index contributed by atoms with van der Waals surface area (Å²) in [7, 11) is 1.45. The van der Waals surface area contributed by atoms with Crippen LogP contribution in [0.5, 0.6) is 5.75 Å². The average molecular weight is 289 g/mol. The molecule has 102 valence electrons. The van der Waals surface area contributed by atoms with E-state index in [0.717, 1.165) is 6.20 Å². The summed E-state index contributed by atoms with van der Waals surface area (Å²) in [6, 6.07) is 0.878. The number of pyridine rings is 1. The van der Waals surface area contributed by atoms with Crippen molar-refractivity contribution in [3.63, 3.8) is 0 Å². The van der Waals surface area contributed by atoms with E-state index in [1.54, 1.807) is 6.07 Å². The third-order valence-electron chi connectivity index (χ3n) is 2.44. The molecule has 2 aromatic heterocycles. The van der Waals surface area contributed by atoms with Gasteiger partial charge in [-0.3, -0.25) is 4.98 Å². The average Bonchev–Trinajstić information content (AvgIpc) is 2.87. The van der Waals surface area contributed by atoms with Crippen LogP contribution in [0.3, 0.4) is 0 Å². The van der Waals surface area contributed by atoms with Crippen LogP contribution in [0.25, 0.3) is 0 Å². The fraction of sp³-hybridized carbons (Fsp3) is 0.273. The van der Waals surface area contributed by atoms with Crippen molar-refractivity contribution in [2.75, 3.05) is 7.11 Å². The first-order valence-electron chi connectivity index (χ1n) is 5.20. The van der Waals surface area contributed by atoms with E-state index in [2.05, 4.69) is 9.97 Å². The van der Waals surface area contributed by atoms with Crippen LogP contribution in [-0.4, -0.2) is 17.1 Å². The number of hydrogen-bond donors (Lipinski definition) is 1. The Hall–Kier alpha value is -1.67. The zero-order valence-corrected chi connectivity index (χ0v) is 10.6. The minimum Gasteiger partial charge on any atom is -0.495 e. The summed E-state index contributed by atoms with van der Waals surface area (Å²) in [6.07, 6.45) is -0.354. The van der Waals surface area contributed by atoms with E-state index in [-0.39, 0.29) is 0 Å². The Bertz CT molecular complexity index is 570. The van der Waals surface area contributed by atoms with Gasteiger partial charge in [0.05, 0.1) is 19.3 Å². The summed E-state index contributed by atoms with van der Waals surface area (Å²) in [6.45, 7) is 0. The molecule has 0 aliphatic carbocycles. The molecule has 0 saturated heterocycles. The van der Waals surface area contributed by atoms with Gasteiger partial charge in [0.2, 0.25) is 0 Å². The van der Waals surface area contributed by atoms with Crippen LogP contribution >= 0.6 is 11.3 Å². The molecule has 2 heterocycles. The molecule has 0 spiro atoms. The smallest absolute Gasteiger partial charge is 0.443 e. The molecule has 0 aromatic carbocycles. The predicted molar refractivity (Wildman–Crippen MR) is 63.9 cm³/mol. The van der Waals surface area contributed by atoms with Crippen molar-refractivity contribution in [1.82, 2.24) is 9.97 Å². The summed E-state index contributed by atoms with van der Waals surface area (Å²) in [4.78, 5) is 7.53. The molecule has 0 aliphatic rings. The lowest BCUT2D eigenvalue weighted by atomic mass is 10.1. The van der Waals surface area contributed by atoms with Crippen LogP contribution in [0, 0.1) is 0 Å². The van der Waals surface area contributed by atoms with Gasteiger partial charge >= 0.3 is 6.18 Å². The van der Waals surface area contributed by atoms with Crippen LogP contribution in [0.4, 0.5) is 13.2 Å². The highest BCUT2D eigenvalue weighted by Crippen LogP contribution is 2.36. The summed E-state index contributed by atoms with van der Waals surface area (Å²) in [5.41, 5.74) is 6.51. The maximum atomic E-state index is 12.5. The standard InChI is InChI=1S/C11H10F3N3OS/c1-18-7-4-16-3-2-6(7)9(15)8-5-17-10(19-8)11(12,13)14/h2-5,9H,15H2,1H3. The molecule has 0 radical (unpaired) electrons. The van der Waals surface area contributed by atoms with E-state index in [1.807, 2.05) is 0 Å². The van der Waals surface area contributed by atoms with Gasteiger partial charge in [-0.2, -0.15) is 13.2 Å². The molecule has 0 fully saturated rings. The van der Waals surface area contributed by atoms with E-state index in [1.165, 1.54) is 19.5 Å². The van der Waals surface area contributed by atoms with Crippen LogP contribution in [0.2, 0.25) is 0 Å². The predicted octanol–water partition coefficient (Wildman–Crippen LogP) is 2.61. The van der Waals surface area contributed by atoms with Gasteiger partial charge in [-0.25, -0.2) is 4.98 Å². The molecule has 2 rings (SSSR count). The van der Waals surface area contributed by atoms with Crippen molar-refractivity contribution in [1.29, 1.82) is 0 Å². The largest absolute Gasteiger partial charge is 0.495 e. The number of ether oxygens (including phenoxy) is 1. The third-order valence-corrected chi connectivity index (χ3v) is 3.57. The van der Waals surface area contributed by atoms with Gasteiger partial charge in [-0.15, -0.1) is 11.3 Å². The molecule has 0 bridgehead atoms. The Balaban J connectivity index is 2.34. The van der Waals surface area contributed by atoms with Gasteiger partial charge in [0.15, 0.2) is 5.01 Å². The third kappa shape index (κ3) is 2.85. The number of alkyl halides is 3. The quantitative estimate of drug-likeness (QED) is 0.943. The van der Waals surface area contributed by atoms with E-state index in [4.69, 9.17) is 10.5 Å². The van der Waals surface area contributed by atoms with Crippen LogP contribution in [-0.2, 0) is 6.18 Å². The van der Waals surface area contributed by atoms with E-state index in [0.29, 0.717) is 27.5 Å². The highest BCUT2D eigenvalue weighted by Gasteiger charge is 2.35. The van der Waals surface area contributed by atoms with Crippen molar-refractivity contribution < 1.29 is 17.9 Å². The first kappa shape index (κ1) is 13.8. The Labute approximate surface area is 111 Å². The Morgan fingerprint density at radius 3 is 2.68 bits per heavy atom. The van der Waals surface area contributed by atoms with Gasteiger partial charge in [-0.05, 0) is 6.07 Å². The van der Waals surface area contributed by atoms with Crippen molar-refractivity contribution >= 4 is 11.3 Å². The molecule has 0 aliphatic heterocycles. The van der Waals surface area contributed by atoms with E-state index >= 15 is 0 Å². The lowest BCUT2D eigenvalue weighted by Crippen LogP contribution is -2.11. The van der Waals surface area contributed by atoms with Gasteiger partial charge in [0.25, 0.3) is 0 Å². The Morgan fingerprint density at radius 1 is 1.37 bits per heavy atom. The minimum absolute atomic E-state index is 0.317. The number of rotatable bonds is 3. The second-order valence-electron chi connectivity index (χ2n) is 3.66. The maximum Gasteiger partial charge on any atom is 0.443 e. The first-order chi connectivity index (χ1) is 8.93. The number of halogens is 3. The highest BCUT2D eigenvalue weighted by molar-refractivity contribution is 7.11. The summed E-state index contributed by atoms with van der Waals surface area (Å²) < 4.78 is 42.5. The van der Waals surface area contributed by atoms with E-state index in [9.17, 15) is 13.2 Å². The summed E-state index contributed by atoms with van der Waals surface area (Å²) in [5, 5.41) is -0.911. The number of aromatic nitrogens is 2. The monoisotopic (exact) mass is 289 g/mol. The normalized spacial score (nSPS) is 13.3. The van der Waals surface area contributed by atoms with Gasteiger partial charge in [-0.1, -0.05) is 0 Å². The zero-order valence-electron chi connectivity index (χ0n) is 9.81. The van der Waals surface area contributed by atoms with Crippen LogP contribution in [0.1, 0.15) is 21.5 Å². The van der Waals surface area contributed by atoms with Crippen LogP contribution in [0.15, 0.2) is 24.7 Å². The number of methoxy groups -OCH3 is 1. The first-order valence-corrected chi connectivity index (χ1v) is 6.01. The molecule has 0 amide bonds. The molecular weight excluding hydrogens is 279 g/mol. The van der Waals surface area contributed by atoms with Gasteiger partial charge in [0.1, 0.15) is 5.75 Å². The van der Waals surface area contributed by atoms with Gasteiger partial charge in [0, 0.05) is 22.8 Å². The fourth-order valence-electron chi connectivity index (χ4n) is 1.53. The topological polar surface area (TPSA) is 61.0 Å². The number of hydrogen-bond acceptors (Lipinski definition) is 5. The van der Waals surface area contributed by atoms with Crippen molar-refractivity contribution in [3.8, 4) is 5.75 Å². The highest BCUT2D eigenvalue weighted by atomic mass is 32.1. The van der Waals surface area contributed by atoms with E-state index < -0.39 is 17.2 Å². The molecule has 4 nitrogen and oxygen atoms in total. The molecule has 1 unspecified atom stereocenters. The molecule has 19 heavy (non-hydrogen) atoms. The Kier molecular flexibility index (Phi) is 3.72. The second kappa shape index (κ2) is 5.14. The molecular formula is C11H10F3N3OS. The molecule has 8 heteroatoms. The fourth-order valence-corrected chi connectivity index (χ4v) is 2.34. The lowest BCUT2D eigenvalue weighted by molar-refractivity contribution is -0.137. The second-order valence-corrected chi connectivity index (χ2v) is 4.72. The summed E-state index contributed by atoms with van der Waals surface area (Å²) >= 11 is 0.525. The molecule has 1 atom stereocenters.